The fourth-order valence-electron chi connectivity index (χ4n) is 1.32. The fourth-order valence-corrected chi connectivity index (χ4v) is 1.92. The van der Waals surface area contributed by atoms with Crippen LogP contribution in [0.1, 0.15) is 12.0 Å². The van der Waals surface area contributed by atoms with Gasteiger partial charge in [-0.1, -0.05) is 17.7 Å². The third kappa shape index (κ3) is 5.33. The molecule has 0 aliphatic rings. The topological polar surface area (TPSA) is 41.1 Å². The molecule has 0 bridgehead atoms. The molecule has 0 heterocycles. The van der Waals surface area contributed by atoms with Crippen molar-refractivity contribution in [1.29, 1.82) is 0 Å². The smallest absolute Gasteiger partial charge is 0.319 e. The van der Waals surface area contributed by atoms with Crippen molar-refractivity contribution in [3.8, 4) is 0 Å². The molecule has 0 fully saturated rings. The lowest BCUT2D eigenvalue weighted by atomic mass is 10.2. The van der Waals surface area contributed by atoms with Gasteiger partial charge in [-0.25, -0.2) is 4.79 Å². The molecule has 94 valence electrons. The maximum Gasteiger partial charge on any atom is 0.319 e. The van der Waals surface area contributed by atoms with Crippen LogP contribution < -0.4 is 10.6 Å². The highest BCUT2D eigenvalue weighted by Gasteiger charge is 2.04. The Bertz CT molecular complexity index is 385. The molecular formula is C12H17ClN2OS. The molecule has 0 atom stereocenters. The molecule has 0 radical (unpaired) electrons. The van der Waals surface area contributed by atoms with Crippen molar-refractivity contribution in [1.82, 2.24) is 5.32 Å². The summed E-state index contributed by atoms with van der Waals surface area (Å²) in [6.07, 6.45) is 3.02. The lowest BCUT2D eigenvalue weighted by Crippen LogP contribution is -2.29. The molecule has 2 amide bonds. The zero-order valence-corrected chi connectivity index (χ0v) is 11.6. The molecule has 0 aliphatic carbocycles. The third-order valence-corrected chi connectivity index (χ3v) is 3.21. The summed E-state index contributed by atoms with van der Waals surface area (Å²) in [5, 5.41) is 6.08. The van der Waals surface area contributed by atoms with Crippen LogP contribution in [0.5, 0.6) is 0 Å². The van der Waals surface area contributed by atoms with E-state index < -0.39 is 0 Å². The molecule has 2 N–H and O–H groups in total. The quantitative estimate of drug-likeness (QED) is 0.805. The Kier molecular flexibility index (Phi) is 6.22. The summed E-state index contributed by atoms with van der Waals surface area (Å²) < 4.78 is 0. The van der Waals surface area contributed by atoms with Crippen molar-refractivity contribution in [2.75, 3.05) is 23.9 Å². The van der Waals surface area contributed by atoms with E-state index in [9.17, 15) is 4.79 Å². The van der Waals surface area contributed by atoms with Gasteiger partial charge < -0.3 is 10.6 Å². The van der Waals surface area contributed by atoms with E-state index in [0.717, 1.165) is 17.7 Å². The molecule has 0 unspecified atom stereocenters. The molecule has 0 spiro atoms. The van der Waals surface area contributed by atoms with Crippen molar-refractivity contribution >= 4 is 35.1 Å². The summed E-state index contributed by atoms with van der Waals surface area (Å²) >= 11 is 7.75. The van der Waals surface area contributed by atoms with Gasteiger partial charge in [-0.2, -0.15) is 11.8 Å². The fraction of sp³-hybridized carbons (Fsp3) is 0.417. The average molecular weight is 273 g/mol. The Morgan fingerprint density at radius 3 is 2.94 bits per heavy atom. The number of anilines is 1. The van der Waals surface area contributed by atoms with Gasteiger partial charge in [0.15, 0.2) is 0 Å². The van der Waals surface area contributed by atoms with Crippen molar-refractivity contribution in [3.05, 3.63) is 28.8 Å². The van der Waals surface area contributed by atoms with Crippen molar-refractivity contribution < 1.29 is 4.79 Å². The summed E-state index contributed by atoms with van der Waals surface area (Å²) in [6.45, 7) is 2.63. The predicted octanol–water partition coefficient (Wildman–Crippen LogP) is 3.52. The monoisotopic (exact) mass is 272 g/mol. The Morgan fingerprint density at radius 2 is 2.24 bits per heavy atom. The van der Waals surface area contributed by atoms with Gasteiger partial charge in [0, 0.05) is 6.54 Å². The number of halogens is 1. The molecular weight excluding hydrogens is 256 g/mol. The van der Waals surface area contributed by atoms with Crippen LogP contribution in [0.4, 0.5) is 10.5 Å². The first-order valence-corrected chi connectivity index (χ1v) is 7.20. The van der Waals surface area contributed by atoms with E-state index in [4.69, 9.17) is 11.6 Å². The minimum Gasteiger partial charge on any atom is -0.338 e. The van der Waals surface area contributed by atoms with E-state index in [1.807, 2.05) is 25.3 Å². The van der Waals surface area contributed by atoms with Crippen LogP contribution in [0.25, 0.3) is 0 Å². The zero-order valence-electron chi connectivity index (χ0n) is 10.0. The molecule has 1 rings (SSSR count). The van der Waals surface area contributed by atoms with E-state index >= 15 is 0 Å². The second-order valence-electron chi connectivity index (χ2n) is 3.71. The second-order valence-corrected chi connectivity index (χ2v) is 5.10. The van der Waals surface area contributed by atoms with Crippen molar-refractivity contribution in [2.24, 2.45) is 0 Å². The summed E-state index contributed by atoms with van der Waals surface area (Å²) in [7, 11) is 0. The molecule has 0 saturated heterocycles. The first kappa shape index (κ1) is 14.2. The lowest BCUT2D eigenvalue weighted by molar-refractivity contribution is 0.252. The van der Waals surface area contributed by atoms with E-state index in [1.165, 1.54) is 0 Å². The first-order valence-electron chi connectivity index (χ1n) is 5.43. The number of hydrogen-bond acceptors (Lipinski definition) is 2. The maximum atomic E-state index is 11.6. The number of rotatable bonds is 5. The Morgan fingerprint density at radius 1 is 1.47 bits per heavy atom. The number of urea groups is 1. The van der Waals surface area contributed by atoms with Crippen LogP contribution in [0.3, 0.4) is 0 Å². The largest absolute Gasteiger partial charge is 0.338 e. The van der Waals surface area contributed by atoms with Crippen molar-refractivity contribution in [3.63, 3.8) is 0 Å². The summed E-state index contributed by atoms with van der Waals surface area (Å²) in [4.78, 5) is 11.6. The van der Waals surface area contributed by atoms with Crippen LogP contribution in [-0.2, 0) is 0 Å². The number of carbonyl (C=O) groups excluding carboxylic acids is 1. The third-order valence-electron chi connectivity index (χ3n) is 2.18. The molecule has 0 saturated carbocycles. The van der Waals surface area contributed by atoms with E-state index in [-0.39, 0.29) is 6.03 Å². The van der Waals surface area contributed by atoms with Crippen LogP contribution in [0.2, 0.25) is 5.02 Å². The van der Waals surface area contributed by atoms with E-state index in [2.05, 4.69) is 10.6 Å². The highest BCUT2D eigenvalue weighted by Crippen LogP contribution is 2.22. The van der Waals surface area contributed by atoms with E-state index in [1.54, 1.807) is 17.8 Å². The normalized spacial score (nSPS) is 10.1. The molecule has 3 nitrogen and oxygen atoms in total. The van der Waals surface area contributed by atoms with Crippen LogP contribution in [0.15, 0.2) is 18.2 Å². The van der Waals surface area contributed by atoms with Crippen LogP contribution in [0, 0.1) is 6.92 Å². The summed E-state index contributed by atoms with van der Waals surface area (Å²) in [5.74, 6) is 1.05. The minimum atomic E-state index is -0.210. The summed E-state index contributed by atoms with van der Waals surface area (Å²) in [5.41, 5.74) is 1.71. The Hall–Kier alpha value is -0.870. The standard InChI is InChI=1S/C12H17ClN2OS/c1-9-4-5-10(13)11(8-9)15-12(16)14-6-3-7-17-2/h4-5,8H,3,6-7H2,1-2H3,(H2,14,15,16). The van der Waals surface area contributed by atoms with Crippen LogP contribution in [-0.4, -0.2) is 24.6 Å². The van der Waals surface area contributed by atoms with Crippen LogP contribution >= 0.6 is 23.4 Å². The van der Waals surface area contributed by atoms with Gasteiger partial charge in [-0.15, -0.1) is 0 Å². The number of hydrogen-bond donors (Lipinski definition) is 2. The number of carbonyl (C=O) groups is 1. The molecule has 5 heteroatoms. The minimum absolute atomic E-state index is 0.210. The molecule has 0 aliphatic heterocycles. The molecule has 1 aromatic carbocycles. The summed E-state index contributed by atoms with van der Waals surface area (Å²) in [6, 6.07) is 5.33. The number of thioether (sulfide) groups is 1. The lowest BCUT2D eigenvalue weighted by Gasteiger charge is -2.09. The van der Waals surface area contributed by atoms with Crippen molar-refractivity contribution in [2.45, 2.75) is 13.3 Å². The number of nitrogens with one attached hydrogen (secondary N) is 2. The van der Waals surface area contributed by atoms with Gasteiger partial charge in [0.05, 0.1) is 10.7 Å². The van der Waals surface area contributed by atoms with Gasteiger partial charge in [0.25, 0.3) is 0 Å². The van der Waals surface area contributed by atoms with Gasteiger partial charge in [-0.05, 0) is 43.0 Å². The van der Waals surface area contributed by atoms with Gasteiger partial charge >= 0.3 is 6.03 Å². The highest BCUT2D eigenvalue weighted by molar-refractivity contribution is 7.98. The predicted molar refractivity (Wildman–Crippen MR) is 76.2 cm³/mol. The first-order chi connectivity index (χ1) is 8.13. The molecule has 1 aromatic rings. The second kappa shape index (κ2) is 7.45. The number of aryl methyl sites for hydroxylation is 1. The highest BCUT2D eigenvalue weighted by atomic mass is 35.5. The zero-order chi connectivity index (χ0) is 12.7. The number of benzene rings is 1. The van der Waals surface area contributed by atoms with E-state index in [0.29, 0.717) is 17.3 Å². The maximum absolute atomic E-state index is 11.6. The molecule has 17 heavy (non-hydrogen) atoms. The molecule has 0 aromatic heterocycles. The van der Waals surface area contributed by atoms with Gasteiger partial charge in [0.2, 0.25) is 0 Å². The van der Waals surface area contributed by atoms with Gasteiger partial charge in [0.1, 0.15) is 0 Å². The average Bonchev–Trinajstić information content (AvgIpc) is 2.29. The Balaban J connectivity index is 2.42. The Labute approximate surface area is 111 Å². The number of amides is 2. The SMILES string of the molecule is CSCCCNC(=O)Nc1cc(C)ccc1Cl. The van der Waals surface area contributed by atoms with Gasteiger partial charge in [-0.3, -0.25) is 0 Å².